The van der Waals surface area contributed by atoms with Crippen molar-refractivity contribution in [2.24, 2.45) is 0 Å². The van der Waals surface area contributed by atoms with Crippen LogP contribution >= 0.6 is 0 Å². The van der Waals surface area contributed by atoms with E-state index in [-0.39, 0.29) is 11.7 Å². The molecule has 0 bridgehead atoms. The molecular weight excluding hydrogens is 240 g/mol. The second-order valence-electron chi connectivity index (χ2n) is 4.52. The number of anilines is 2. The summed E-state index contributed by atoms with van der Waals surface area (Å²) in [7, 11) is 0. The number of nitrogens with one attached hydrogen (secondary N) is 2. The van der Waals surface area contributed by atoms with Crippen molar-refractivity contribution >= 4 is 17.3 Å². The Morgan fingerprint density at radius 1 is 1.21 bits per heavy atom. The predicted molar refractivity (Wildman–Crippen MR) is 74.7 cm³/mol. The molecule has 2 aromatic rings. The van der Waals surface area contributed by atoms with Gasteiger partial charge < -0.3 is 15.7 Å². The van der Waals surface area contributed by atoms with Gasteiger partial charge in [0.2, 0.25) is 0 Å². The molecule has 0 fully saturated rings. The topological polar surface area (TPSA) is 61.4 Å². The van der Waals surface area contributed by atoms with Crippen LogP contribution in [0.25, 0.3) is 0 Å². The number of aromatic hydroxyl groups is 1. The molecule has 0 spiro atoms. The average molecular weight is 254 g/mol. The highest BCUT2D eigenvalue weighted by molar-refractivity contribution is 6.05. The minimum Gasteiger partial charge on any atom is -0.506 e. The molecule has 4 heteroatoms. The van der Waals surface area contributed by atoms with Gasteiger partial charge in [0.25, 0.3) is 5.91 Å². The summed E-state index contributed by atoms with van der Waals surface area (Å²) in [6, 6.07) is 12.3. The molecule has 4 nitrogen and oxygen atoms in total. The molecule has 0 unspecified atom stereocenters. The number of para-hydroxylation sites is 2. The Morgan fingerprint density at radius 3 is 2.89 bits per heavy atom. The summed E-state index contributed by atoms with van der Waals surface area (Å²) in [4.78, 5) is 12.1. The van der Waals surface area contributed by atoms with Gasteiger partial charge in [0.05, 0.1) is 5.69 Å². The van der Waals surface area contributed by atoms with E-state index >= 15 is 0 Å². The summed E-state index contributed by atoms with van der Waals surface area (Å²) in [5.74, 6) is -0.144. The lowest BCUT2D eigenvalue weighted by Gasteiger charge is -2.08. The van der Waals surface area contributed by atoms with Crippen molar-refractivity contribution in [2.75, 3.05) is 17.2 Å². The van der Waals surface area contributed by atoms with E-state index in [9.17, 15) is 9.90 Å². The van der Waals surface area contributed by atoms with Crippen LogP contribution in [0.15, 0.2) is 42.5 Å². The predicted octanol–water partition coefficient (Wildman–Crippen LogP) is 2.61. The molecule has 1 aliphatic rings. The molecule has 1 aliphatic heterocycles. The van der Waals surface area contributed by atoms with Crippen LogP contribution < -0.4 is 10.6 Å². The zero-order valence-electron chi connectivity index (χ0n) is 10.3. The highest BCUT2D eigenvalue weighted by atomic mass is 16.3. The number of hydrogen-bond donors (Lipinski definition) is 3. The lowest BCUT2D eigenvalue weighted by molar-refractivity contribution is 0.102. The van der Waals surface area contributed by atoms with Crippen LogP contribution in [-0.4, -0.2) is 17.6 Å². The van der Waals surface area contributed by atoms with Gasteiger partial charge >= 0.3 is 0 Å². The third kappa shape index (κ3) is 2.25. The fraction of sp³-hybridized carbons (Fsp3) is 0.133. The number of benzene rings is 2. The van der Waals surface area contributed by atoms with Crippen molar-refractivity contribution in [2.45, 2.75) is 6.42 Å². The van der Waals surface area contributed by atoms with Crippen molar-refractivity contribution in [3.05, 3.63) is 53.6 Å². The number of phenols is 1. The summed E-state index contributed by atoms with van der Waals surface area (Å²) >= 11 is 0. The SMILES string of the molecule is O=C(Nc1ccccc1O)c1ccc2c(c1)CCN2. The van der Waals surface area contributed by atoms with Gasteiger partial charge in [0, 0.05) is 17.8 Å². The Hall–Kier alpha value is -2.49. The molecule has 0 saturated heterocycles. The fourth-order valence-electron chi connectivity index (χ4n) is 2.22. The minimum atomic E-state index is -0.212. The van der Waals surface area contributed by atoms with E-state index in [0.29, 0.717) is 11.3 Å². The molecule has 1 heterocycles. The van der Waals surface area contributed by atoms with E-state index in [1.807, 2.05) is 12.1 Å². The Balaban J connectivity index is 1.83. The zero-order valence-corrected chi connectivity index (χ0v) is 10.3. The zero-order chi connectivity index (χ0) is 13.2. The molecule has 3 N–H and O–H groups in total. The molecule has 2 aromatic carbocycles. The standard InChI is InChI=1S/C15H14N2O2/c18-14-4-2-1-3-13(14)17-15(19)11-5-6-12-10(9-11)7-8-16-12/h1-6,9,16,18H,7-8H2,(H,17,19). The number of carbonyl (C=O) groups excluding carboxylic acids is 1. The van der Waals surface area contributed by atoms with Crippen molar-refractivity contribution in [3.63, 3.8) is 0 Å². The van der Waals surface area contributed by atoms with Crippen LogP contribution in [0.3, 0.4) is 0 Å². The summed E-state index contributed by atoms with van der Waals surface area (Å²) < 4.78 is 0. The van der Waals surface area contributed by atoms with Gasteiger partial charge in [-0.3, -0.25) is 4.79 Å². The normalized spacial score (nSPS) is 12.6. The summed E-state index contributed by atoms with van der Waals surface area (Å²) in [5, 5.41) is 15.6. The highest BCUT2D eigenvalue weighted by Gasteiger charge is 2.14. The molecule has 1 amide bonds. The molecule has 0 aliphatic carbocycles. The van der Waals surface area contributed by atoms with Gasteiger partial charge in [-0.15, -0.1) is 0 Å². The van der Waals surface area contributed by atoms with E-state index in [1.54, 1.807) is 30.3 Å². The van der Waals surface area contributed by atoms with E-state index < -0.39 is 0 Å². The quantitative estimate of drug-likeness (QED) is 0.722. The maximum Gasteiger partial charge on any atom is 0.255 e. The van der Waals surface area contributed by atoms with Crippen LogP contribution in [0.5, 0.6) is 5.75 Å². The van der Waals surface area contributed by atoms with Crippen molar-refractivity contribution in [3.8, 4) is 5.75 Å². The van der Waals surface area contributed by atoms with Gasteiger partial charge in [-0.05, 0) is 42.3 Å². The summed E-state index contributed by atoms with van der Waals surface area (Å²) in [5.41, 5.74) is 3.28. The second kappa shape index (κ2) is 4.65. The third-order valence-corrected chi connectivity index (χ3v) is 3.23. The molecule has 0 radical (unpaired) electrons. The monoisotopic (exact) mass is 254 g/mol. The first-order valence-corrected chi connectivity index (χ1v) is 6.20. The third-order valence-electron chi connectivity index (χ3n) is 3.23. The molecule has 0 saturated carbocycles. The van der Waals surface area contributed by atoms with E-state index in [1.165, 1.54) is 0 Å². The van der Waals surface area contributed by atoms with Gasteiger partial charge in [-0.2, -0.15) is 0 Å². The highest BCUT2D eigenvalue weighted by Crippen LogP contribution is 2.25. The number of fused-ring (bicyclic) bond motifs is 1. The van der Waals surface area contributed by atoms with Crippen LogP contribution in [0, 0.1) is 0 Å². The number of amides is 1. The number of phenolic OH excluding ortho intramolecular Hbond substituents is 1. The smallest absolute Gasteiger partial charge is 0.255 e. The minimum absolute atomic E-state index is 0.0682. The fourth-order valence-corrected chi connectivity index (χ4v) is 2.22. The molecule has 3 rings (SSSR count). The molecule has 96 valence electrons. The van der Waals surface area contributed by atoms with Crippen LogP contribution in [0.2, 0.25) is 0 Å². The second-order valence-corrected chi connectivity index (χ2v) is 4.52. The summed E-state index contributed by atoms with van der Waals surface area (Å²) in [6.07, 6.45) is 0.938. The Morgan fingerprint density at radius 2 is 2.05 bits per heavy atom. The van der Waals surface area contributed by atoms with E-state index in [4.69, 9.17) is 0 Å². The maximum absolute atomic E-state index is 12.1. The van der Waals surface area contributed by atoms with E-state index in [0.717, 1.165) is 24.2 Å². The Labute approximate surface area is 111 Å². The number of rotatable bonds is 2. The lowest BCUT2D eigenvalue weighted by atomic mass is 10.1. The Bertz CT molecular complexity index is 638. The van der Waals surface area contributed by atoms with Gasteiger partial charge in [-0.1, -0.05) is 12.1 Å². The Kier molecular flexibility index (Phi) is 2.83. The van der Waals surface area contributed by atoms with Gasteiger partial charge in [0.15, 0.2) is 0 Å². The first-order chi connectivity index (χ1) is 9.24. The van der Waals surface area contributed by atoms with Crippen molar-refractivity contribution in [1.29, 1.82) is 0 Å². The molecule has 0 aromatic heterocycles. The lowest BCUT2D eigenvalue weighted by Crippen LogP contribution is -2.12. The molecular formula is C15H14N2O2. The molecule has 0 atom stereocenters. The summed E-state index contributed by atoms with van der Waals surface area (Å²) in [6.45, 7) is 0.917. The first-order valence-electron chi connectivity index (χ1n) is 6.20. The number of hydrogen-bond acceptors (Lipinski definition) is 3. The number of carbonyl (C=O) groups is 1. The van der Waals surface area contributed by atoms with Crippen molar-refractivity contribution in [1.82, 2.24) is 0 Å². The maximum atomic E-state index is 12.1. The van der Waals surface area contributed by atoms with E-state index in [2.05, 4.69) is 10.6 Å². The van der Waals surface area contributed by atoms with Crippen LogP contribution in [-0.2, 0) is 6.42 Å². The molecule has 19 heavy (non-hydrogen) atoms. The van der Waals surface area contributed by atoms with Gasteiger partial charge in [0.1, 0.15) is 5.75 Å². The largest absolute Gasteiger partial charge is 0.506 e. The van der Waals surface area contributed by atoms with Crippen LogP contribution in [0.1, 0.15) is 15.9 Å². The van der Waals surface area contributed by atoms with Crippen molar-refractivity contribution < 1.29 is 9.90 Å². The van der Waals surface area contributed by atoms with Crippen LogP contribution in [0.4, 0.5) is 11.4 Å². The average Bonchev–Trinajstić information content (AvgIpc) is 2.88. The van der Waals surface area contributed by atoms with Gasteiger partial charge in [-0.25, -0.2) is 0 Å². The first kappa shape index (κ1) is 11.6.